The number of benzene rings is 1. The fourth-order valence-corrected chi connectivity index (χ4v) is 9.04. The number of pyridine rings is 1. The van der Waals surface area contributed by atoms with Crippen LogP contribution in [0.4, 0.5) is 0 Å². The number of hydrogen-bond acceptors (Lipinski definition) is 4. The summed E-state index contributed by atoms with van der Waals surface area (Å²) in [6.07, 6.45) is 18.7. The van der Waals surface area contributed by atoms with Gasteiger partial charge in [-0.05, 0) is 110 Å². The molecule has 3 fully saturated rings. The van der Waals surface area contributed by atoms with E-state index in [1.807, 2.05) is 12.4 Å². The zero-order valence-corrected chi connectivity index (χ0v) is 22.1. The van der Waals surface area contributed by atoms with E-state index in [-0.39, 0.29) is 16.6 Å². The Balaban J connectivity index is 1.21. The van der Waals surface area contributed by atoms with Gasteiger partial charge in [-0.3, -0.25) is 4.98 Å². The van der Waals surface area contributed by atoms with Crippen LogP contribution in [-0.2, 0) is 9.47 Å². The third-order valence-electron chi connectivity index (χ3n) is 11.0. The number of ether oxygens (including phenoxy) is 2. The lowest BCUT2D eigenvalue weighted by atomic mass is 9.58. The minimum Gasteiger partial charge on any atom is -0.383 e. The van der Waals surface area contributed by atoms with Crippen molar-refractivity contribution in [3.8, 4) is 0 Å². The van der Waals surface area contributed by atoms with Gasteiger partial charge in [-0.1, -0.05) is 31.2 Å². The van der Waals surface area contributed by atoms with Gasteiger partial charge in [0.05, 0.1) is 17.8 Å². The Kier molecular flexibility index (Phi) is 5.30. The molecule has 4 heteroatoms. The molecule has 3 heterocycles. The Hall–Kier alpha value is -2.01. The van der Waals surface area contributed by atoms with Crippen molar-refractivity contribution in [2.75, 3.05) is 27.3 Å². The molecular weight excluding hydrogens is 444 g/mol. The molecule has 3 aliphatic carbocycles. The van der Waals surface area contributed by atoms with Crippen molar-refractivity contribution in [1.82, 2.24) is 9.88 Å². The van der Waals surface area contributed by atoms with E-state index in [1.165, 1.54) is 60.4 Å². The highest BCUT2D eigenvalue weighted by atomic mass is 16.5. The fraction of sp³-hybridized carbons (Fsp3) is 0.594. The number of methoxy groups -OCH3 is 1. The third-order valence-corrected chi connectivity index (χ3v) is 11.0. The lowest BCUT2D eigenvalue weighted by Gasteiger charge is -2.55. The summed E-state index contributed by atoms with van der Waals surface area (Å²) in [5, 5.41) is 2.55. The lowest BCUT2D eigenvalue weighted by Crippen LogP contribution is -2.55. The molecule has 0 N–H and O–H groups in total. The van der Waals surface area contributed by atoms with E-state index in [9.17, 15) is 0 Å². The van der Waals surface area contributed by atoms with Crippen molar-refractivity contribution in [2.45, 2.75) is 81.5 Å². The predicted octanol–water partition coefficient (Wildman–Crippen LogP) is 6.42. The van der Waals surface area contributed by atoms with Crippen molar-refractivity contribution in [3.63, 3.8) is 0 Å². The maximum Gasteiger partial charge on any atom is 0.0974 e. The zero-order chi connectivity index (χ0) is 24.5. The third kappa shape index (κ3) is 3.20. The molecule has 0 radical (unpaired) electrons. The largest absolute Gasteiger partial charge is 0.383 e. The van der Waals surface area contributed by atoms with Crippen LogP contribution in [0.25, 0.3) is 10.8 Å². The summed E-state index contributed by atoms with van der Waals surface area (Å²) >= 11 is 0. The first-order valence-electron chi connectivity index (χ1n) is 14.1. The number of aromatic nitrogens is 1. The van der Waals surface area contributed by atoms with Crippen molar-refractivity contribution >= 4 is 10.8 Å². The first-order valence-corrected chi connectivity index (χ1v) is 14.1. The molecule has 2 saturated carbocycles. The van der Waals surface area contributed by atoms with E-state index in [4.69, 9.17) is 9.47 Å². The first kappa shape index (κ1) is 23.1. The minimum absolute atomic E-state index is 0.0491. The van der Waals surface area contributed by atoms with E-state index in [1.54, 1.807) is 12.7 Å². The van der Waals surface area contributed by atoms with Crippen molar-refractivity contribution in [2.24, 2.45) is 11.3 Å². The second-order valence-corrected chi connectivity index (χ2v) is 12.6. The van der Waals surface area contributed by atoms with E-state index < -0.39 is 0 Å². The summed E-state index contributed by atoms with van der Waals surface area (Å²) in [5.74, 6) is 1.16. The second-order valence-electron chi connectivity index (χ2n) is 12.6. The van der Waals surface area contributed by atoms with Gasteiger partial charge in [0.15, 0.2) is 0 Å². The number of allylic oxidation sites excluding steroid dienone is 1. The van der Waals surface area contributed by atoms with Gasteiger partial charge in [-0.15, -0.1) is 0 Å². The highest BCUT2D eigenvalue weighted by Crippen LogP contribution is 2.69. The van der Waals surface area contributed by atoms with E-state index in [0.717, 1.165) is 26.0 Å². The van der Waals surface area contributed by atoms with E-state index in [0.29, 0.717) is 17.9 Å². The molecule has 2 spiro atoms. The molecule has 1 aromatic heterocycles. The van der Waals surface area contributed by atoms with Gasteiger partial charge in [0.2, 0.25) is 0 Å². The van der Waals surface area contributed by atoms with Gasteiger partial charge < -0.3 is 14.4 Å². The van der Waals surface area contributed by atoms with Gasteiger partial charge in [-0.25, -0.2) is 0 Å². The molecule has 7 rings (SSSR count). The molecule has 0 amide bonds. The van der Waals surface area contributed by atoms with Crippen LogP contribution in [0, 0.1) is 11.3 Å². The Morgan fingerprint density at radius 1 is 1.14 bits per heavy atom. The summed E-state index contributed by atoms with van der Waals surface area (Å²) < 4.78 is 12.9. The summed E-state index contributed by atoms with van der Waals surface area (Å²) in [6, 6.07) is 9.79. The molecule has 5 aliphatic rings. The molecule has 4 nitrogen and oxygen atoms in total. The molecule has 190 valence electrons. The molecule has 2 aromatic rings. The van der Waals surface area contributed by atoms with Gasteiger partial charge in [-0.2, -0.15) is 0 Å². The topological polar surface area (TPSA) is 34.6 Å². The van der Waals surface area contributed by atoms with Crippen LogP contribution in [0.5, 0.6) is 0 Å². The number of rotatable bonds is 5. The maximum atomic E-state index is 7.49. The van der Waals surface area contributed by atoms with Crippen LogP contribution in [0.2, 0.25) is 0 Å². The molecule has 2 bridgehead atoms. The summed E-state index contributed by atoms with van der Waals surface area (Å²) in [4.78, 5) is 6.90. The van der Waals surface area contributed by atoms with Crippen molar-refractivity contribution in [1.29, 1.82) is 0 Å². The van der Waals surface area contributed by atoms with E-state index in [2.05, 4.69) is 60.3 Å². The molecule has 6 unspecified atom stereocenters. The van der Waals surface area contributed by atoms with E-state index >= 15 is 0 Å². The molecule has 1 aromatic carbocycles. The fourth-order valence-electron chi connectivity index (χ4n) is 9.04. The molecule has 1 saturated heterocycles. The number of nitrogens with zero attached hydrogens (tertiary/aromatic N) is 2. The second kappa shape index (κ2) is 8.24. The summed E-state index contributed by atoms with van der Waals surface area (Å²) in [6.45, 7) is 4.36. The zero-order valence-electron chi connectivity index (χ0n) is 22.1. The lowest BCUT2D eigenvalue weighted by molar-refractivity contribution is -0.140. The molecular formula is C32H40N2O2. The summed E-state index contributed by atoms with van der Waals surface area (Å²) in [7, 11) is 4.07. The van der Waals surface area contributed by atoms with Gasteiger partial charge >= 0.3 is 0 Å². The van der Waals surface area contributed by atoms with Crippen LogP contribution >= 0.6 is 0 Å². The number of fused-ring (bicyclic) bond motifs is 2. The van der Waals surface area contributed by atoms with Crippen LogP contribution in [0.15, 0.2) is 60.0 Å². The van der Waals surface area contributed by atoms with Crippen LogP contribution in [0.3, 0.4) is 0 Å². The maximum absolute atomic E-state index is 7.49. The SMILES string of the molecule is COCCN(C)C1CCC2=CC3=CCC4(C)C(c5ccc6ccncc6c5)CCC4C34CCC2(C1)O4. The normalized spacial score (nSPS) is 38.9. The highest BCUT2D eigenvalue weighted by Gasteiger charge is 2.66. The Labute approximate surface area is 215 Å². The van der Waals surface area contributed by atoms with Crippen LogP contribution < -0.4 is 0 Å². The van der Waals surface area contributed by atoms with Crippen molar-refractivity contribution < 1.29 is 9.47 Å². The minimum atomic E-state index is -0.0867. The Morgan fingerprint density at radius 3 is 2.94 bits per heavy atom. The van der Waals surface area contributed by atoms with Gasteiger partial charge in [0.25, 0.3) is 0 Å². The monoisotopic (exact) mass is 484 g/mol. The smallest absolute Gasteiger partial charge is 0.0974 e. The Bertz CT molecular complexity index is 1250. The molecule has 2 aliphatic heterocycles. The van der Waals surface area contributed by atoms with Crippen molar-refractivity contribution in [3.05, 3.63) is 65.5 Å². The van der Waals surface area contributed by atoms with Crippen LogP contribution in [0.1, 0.15) is 69.8 Å². The van der Waals surface area contributed by atoms with Gasteiger partial charge in [0, 0.05) is 37.5 Å². The predicted molar refractivity (Wildman–Crippen MR) is 144 cm³/mol. The Morgan fingerprint density at radius 2 is 2.06 bits per heavy atom. The standard InChI is InChI=1S/C32H40N2O2/c1-30-12-10-26-19-25-6-7-27(34(2)16-17-35-3)20-31(25)13-14-32(26,36-31)29(30)9-8-28(30)23-5-4-22-11-15-33-21-24(22)18-23/h4-5,10-11,15,18-19,21,27-29H,6-9,12-14,16-17,20H2,1-3H3. The number of hydrogen-bond donors (Lipinski definition) is 0. The average Bonchev–Trinajstić information content (AvgIpc) is 3.41. The first-order chi connectivity index (χ1) is 17.5. The quantitative estimate of drug-likeness (QED) is 0.490. The molecule has 6 atom stereocenters. The van der Waals surface area contributed by atoms with Gasteiger partial charge in [0.1, 0.15) is 0 Å². The average molecular weight is 485 g/mol. The summed E-state index contributed by atoms with van der Waals surface area (Å²) in [5.41, 5.74) is 4.69. The van der Waals surface area contributed by atoms with Crippen LogP contribution in [-0.4, -0.2) is 54.4 Å². The highest BCUT2D eigenvalue weighted by molar-refractivity contribution is 5.82. The number of likely N-dealkylation sites (N-methyl/N-ethyl adjacent to an activating group) is 1. The molecule has 36 heavy (non-hydrogen) atoms.